The van der Waals surface area contributed by atoms with E-state index < -0.39 is 0 Å². The van der Waals surface area contributed by atoms with Gasteiger partial charge in [0.15, 0.2) is 0 Å². The standard InChI is InChI=1S/C26H32N4O2/c1-16-5-6-22(14-17(16)2)29-23(31)15-28-26(32)20-8-11-30(12-9-20)25-24-19(4)18(3)13-21(24)7-10-27-25/h5-7,10,14,20H,8-9,11-13,15H2,1-4H3,(H,28,32)(H,29,31). The minimum absolute atomic E-state index is 0.0109. The molecule has 1 aliphatic carbocycles. The van der Waals surface area contributed by atoms with Gasteiger partial charge < -0.3 is 15.5 Å². The Morgan fingerprint density at radius 2 is 1.81 bits per heavy atom. The van der Waals surface area contributed by atoms with Crippen molar-refractivity contribution in [1.29, 1.82) is 0 Å². The van der Waals surface area contributed by atoms with E-state index in [2.05, 4.69) is 40.4 Å². The van der Waals surface area contributed by atoms with Gasteiger partial charge in [-0.3, -0.25) is 9.59 Å². The SMILES string of the molecule is CC1=C(C)c2c(ccnc2N2CCC(C(=O)NCC(=O)Nc3ccc(C)c(C)c3)CC2)C1. The topological polar surface area (TPSA) is 74.3 Å². The molecule has 0 atom stereocenters. The van der Waals surface area contributed by atoms with Crippen molar-refractivity contribution >= 4 is 28.9 Å². The highest BCUT2D eigenvalue weighted by Crippen LogP contribution is 2.38. The lowest BCUT2D eigenvalue weighted by Gasteiger charge is -2.33. The van der Waals surface area contributed by atoms with Gasteiger partial charge in [-0.15, -0.1) is 0 Å². The summed E-state index contributed by atoms with van der Waals surface area (Å²) < 4.78 is 0. The molecule has 32 heavy (non-hydrogen) atoms. The van der Waals surface area contributed by atoms with Crippen LogP contribution in [0.5, 0.6) is 0 Å². The van der Waals surface area contributed by atoms with Gasteiger partial charge in [-0.25, -0.2) is 4.98 Å². The van der Waals surface area contributed by atoms with E-state index in [1.165, 1.54) is 27.8 Å². The van der Waals surface area contributed by atoms with E-state index >= 15 is 0 Å². The van der Waals surface area contributed by atoms with Crippen LogP contribution in [0, 0.1) is 19.8 Å². The van der Waals surface area contributed by atoms with Crippen LogP contribution in [-0.4, -0.2) is 36.4 Å². The van der Waals surface area contributed by atoms with Crippen molar-refractivity contribution in [2.75, 3.05) is 29.9 Å². The van der Waals surface area contributed by atoms with Gasteiger partial charge >= 0.3 is 0 Å². The van der Waals surface area contributed by atoms with Gasteiger partial charge in [-0.1, -0.05) is 11.6 Å². The van der Waals surface area contributed by atoms with Crippen LogP contribution in [0.25, 0.3) is 5.57 Å². The molecule has 1 aliphatic heterocycles. The first kappa shape index (κ1) is 22.1. The second-order valence-corrected chi connectivity index (χ2v) is 9.08. The van der Waals surface area contributed by atoms with Crippen molar-refractivity contribution < 1.29 is 9.59 Å². The lowest BCUT2D eigenvalue weighted by atomic mass is 9.95. The Balaban J connectivity index is 1.29. The molecule has 2 aliphatic rings. The molecule has 1 saturated heterocycles. The number of pyridine rings is 1. The minimum Gasteiger partial charge on any atom is -0.356 e. The fourth-order valence-electron chi connectivity index (χ4n) is 4.61. The van der Waals surface area contributed by atoms with Gasteiger partial charge in [0, 0.05) is 36.5 Å². The second-order valence-electron chi connectivity index (χ2n) is 9.08. The highest BCUT2D eigenvalue weighted by atomic mass is 16.2. The summed E-state index contributed by atoms with van der Waals surface area (Å²) in [6.45, 7) is 9.99. The Morgan fingerprint density at radius 3 is 2.53 bits per heavy atom. The molecule has 1 fully saturated rings. The Hall–Kier alpha value is -3.15. The van der Waals surface area contributed by atoms with Gasteiger partial charge in [0.1, 0.15) is 5.82 Å². The van der Waals surface area contributed by atoms with E-state index in [4.69, 9.17) is 0 Å². The van der Waals surface area contributed by atoms with Crippen molar-refractivity contribution in [1.82, 2.24) is 10.3 Å². The highest BCUT2D eigenvalue weighted by molar-refractivity contribution is 5.95. The van der Waals surface area contributed by atoms with Gasteiger partial charge in [-0.2, -0.15) is 0 Å². The number of fused-ring (bicyclic) bond motifs is 1. The number of benzene rings is 1. The molecule has 1 aromatic heterocycles. The average molecular weight is 433 g/mol. The number of amides is 2. The largest absolute Gasteiger partial charge is 0.356 e. The number of hydrogen-bond donors (Lipinski definition) is 2. The summed E-state index contributed by atoms with van der Waals surface area (Å²) in [4.78, 5) is 31.9. The molecule has 4 rings (SSSR count). The van der Waals surface area contributed by atoms with Crippen molar-refractivity contribution in [3.05, 3.63) is 58.3 Å². The van der Waals surface area contributed by atoms with Crippen LogP contribution in [0.1, 0.15) is 48.9 Å². The Kier molecular flexibility index (Phi) is 6.31. The molecule has 6 nitrogen and oxygen atoms in total. The number of nitrogens with zero attached hydrogens (tertiary/aromatic N) is 2. The maximum atomic E-state index is 12.6. The molecular formula is C26H32N4O2. The Labute approximate surface area is 190 Å². The van der Waals surface area contributed by atoms with Crippen molar-refractivity contribution in [2.45, 2.75) is 47.0 Å². The first-order valence-electron chi connectivity index (χ1n) is 11.4. The summed E-state index contributed by atoms with van der Waals surface area (Å²) in [5.41, 5.74) is 8.41. The third kappa shape index (κ3) is 4.54. The zero-order valence-electron chi connectivity index (χ0n) is 19.4. The predicted molar refractivity (Wildman–Crippen MR) is 129 cm³/mol. The molecule has 168 valence electrons. The number of rotatable bonds is 5. The second kappa shape index (κ2) is 9.15. The van der Waals surface area contributed by atoms with E-state index in [0.29, 0.717) is 0 Å². The molecule has 0 spiro atoms. The normalized spacial score (nSPS) is 16.2. The monoisotopic (exact) mass is 432 g/mol. The molecule has 2 heterocycles. The first-order valence-corrected chi connectivity index (χ1v) is 11.4. The molecule has 2 amide bonds. The number of anilines is 2. The van der Waals surface area contributed by atoms with Crippen LogP contribution in [0.15, 0.2) is 36.0 Å². The van der Waals surface area contributed by atoms with Crippen molar-refractivity contribution in [3.8, 4) is 0 Å². The molecule has 0 saturated carbocycles. The smallest absolute Gasteiger partial charge is 0.243 e. The molecule has 6 heteroatoms. The molecule has 2 N–H and O–H groups in total. The Bertz CT molecular complexity index is 1080. The van der Waals surface area contributed by atoms with Crippen molar-refractivity contribution in [2.24, 2.45) is 5.92 Å². The van der Waals surface area contributed by atoms with Crippen LogP contribution in [-0.2, 0) is 16.0 Å². The Morgan fingerprint density at radius 1 is 1.06 bits per heavy atom. The zero-order chi connectivity index (χ0) is 22.8. The van der Waals surface area contributed by atoms with E-state index in [0.717, 1.165) is 49.4 Å². The van der Waals surface area contributed by atoms with Gasteiger partial charge in [0.25, 0.3) is 0 Å². The fraction of sp³-hybridized carbons (Fsp3) is 0.423. The van der Waals surface area contributed by atoms with E-state index in [1.807, 2.05) is 38.2 Å². The van der Waals surface area contributed by atoms with E-state index in [-0.39, 0.29) is 24.3 Å². The lowest BCUT2D eigenvalue weighted by Crippen LogP contribution is -2.43. The molecule has 0 radical (unpaired) electrons. The number of carbonyl (C=O) groups excluding carboxylic acids is 2. The van der Waals surface area contributed by atoms with Crippen molar-refractivity contribution in [3.63, 3.8) is 0 Å². The summed E-state index contributed by atoms with van der Waals surface area (Å²) in [5, 5.41) is 5.67. The third-order valence-corrected chi connectivity index (χ3v) is 6.87. The number of aromatic nitrogens is 1. The first-order chi connectivity index (χ1) is 15.3. The van der Waals surface area contributed by atoms with Crippen LogP contribution >= 0.6 is 0 Å². The summed E-state index contributed by atoms with van der Waals surface area (Å²) in [7, 11) is 0. The van der Waals surface area contributed by atoms with E-state index in [9.17, 15) is 9.59 Å². The minimum atomic E-state index is -0.208. The number of allylic oxidation sites excluding steroid dienone is 2. The highest BCUT2D eigenvalue weighted by Gasteiger charge is 2.29. The summed E-state index contributed by atoms with van der Waals surface area (Å²) in [5.74, 6) is 0.720. The molecule has 0 unspecified atom stereocenters. The maximum Gasteiger partial charge on any atom is 0.243 e. The predicted octanol–water partition coefficient (Wildman–Crippen LogP) is 4.02. The molecule has 2 aromatic rings. The van der Waals surface area contributed by atoms with Gasteiger partial charge in [-0.05, 0) is 87.4 Å². The zero-order valence-corrected chi connectivity index (χ0v) is 19.4. The van der Waals surface area contributed by atoms with Crippen LogP contribution in [0.2, 0.25) is 0 Å². The van der Waals surface area contributed by atoms with Crippen LogP contribution in [0.4, 0.5) is 11.5 Å². The summed E-state index contributed by atoms with van der Waals surface area (Å²) >= 11 is 0. The van der Waals surface area contributed by atoms with E-state index in [1.54, 1.807) is 0 Å². The average Bonchev–Trinajstić information content (AvgIpc) is 3.08. The number of nitrogens with one attached hydrogen (secondary N) is 2. The van der Waals surface area contributed by atoms with Gasteiger partial charge in [0.05, 0.1) is 6.54 Å². The lowest BCUT2D eigenvalue weighted by molar-refractivity contribution is -0.127. The number of hydrogen-bond acceptors (Lipinski definition) is 4. The van der Waals surface area contributed by atoms with Crippen LogP contribution in [0.3, 0.4) is 0 Å². The number of carbonyl (C=O) groups is 2. The van der Waals surface area contributed by atoms with Crippen LogP contribution < -0.4 is 15.5 Å². The maximum absolute atomic E-state index is 12.6. The number of aryl methyl sites for hydroxylation is 2. The summed E-state index contributed by atoms with van der Waals surface area (Å²) in [6, 6.07) is 7.91. The summed E-state index contributed by atoms with van der Waals surface area (Å²) in [6.07, 6.45) is 4.42. The number of piperidine rings is 1. The third-order valence-electron chi connectivity index (χ3n) is 6.87. The fourth-order valence-corrected chi connectivity index (χ4v) is 4.61. The molecule has 1 aromatic carbocycles. The molecular weight excluding hydrogens is 400 g/mol. The molecule has 0 bridgehead atoms. The van der Waals surface area contributed by atoms with Gasteiger partial charge in [0.2, 0.25) is 11.8 Å². The quantitative estimate of drug-likeness (QED) is 0.748.